The predicted octanol–water partition coefficient (Wildman–Crippen LogP) is 2.65. The topological polar surface area (TPSA) is 50.4 Å². The van der Waals surface area contributed by atoms with Crippen LogP contribution in [-0.4, -0.2) is 12.0 Å². The van der Waals surface area contributed by atoms with Gasteiger partial charge in [-0.05, 0) is 37.5 Å². The van der Waals surface area contributed by atoms with Crippen LogP contribution < -0.4 is 11.1 Å². The number of guanidine groups is 1. The second kappa shape index (κ2) is 4.23. The van der Waals surface area contributed by atoms with Crippen molar-refractivity contribution in [2.45, 2.75) is 25.8 Å². The summed E-state index contributed by atoms with van der Waals surface area (Å²) in [6.45, 7) is 2.04. The number of nitrogens with zero attached hydrogens (tertiary/aromatic N) is 1. The average Bonchev–Trinajstić information content (AvgIpc) is 2.95. The molecule has 2 rings (SSSR count). The summed E-state index contributed by atoms with van der Waals surface area (Å²) in [5.41, 5.74) is 7.95. The van der Waals surface area contributed by atoms with Crippen molar-refractivity contribution in [1.82, 2.24) is 0 Å². The van der Waals surface area contributed by atoms with Gasteiger partial charge >= 0.3 is 0 Å². The maximum absolute atomic E-state index is 5.79. The molecule has 15 heavy (non-hydrogen) atoms. The number of rotatable bonds is 2. The molecule has 3 nitrogen and oxygen atoms in total. The minimum absolute atomic E-state index is 0.449. The highest BCUT2D eigenvalue weighted by Crippen LogP contribution is 2.24. The third kappa shape index (κ3) is 2.96. The summed E-state index contributed by atoms with van der Waals surface area (Å²) in [6.07, 6.45) is 2.33. The Balaban J connectivity index is 2.11. The van der Waals surface area contributed by atoms with E-state index in [1.54, 1.807) is 0 Å². The minimum atomic E-state index is 0.449. The van der Waals surface area contributed by atoms with Crippen LogP contribution in [0.25, 0.3) is 0 Å². The Kier molecular flexibility index (Phi) is 2.95. The lowest BCUT2D eigenvalue weighted by atomic mass is 10.2. The monoisotopic (exact) mass is 267 g/mol. The van der Waals surface area contributed by atoms with Crippen LogP contribution in [0.4, 0.5) is 5.69 Å². The Morgan fingerprint density at radius 1 is 1.53 bits per heavy atom. The summed E-state index contributed by atoms with van der Waals surface area (Å²) in [5, 5.41) is 3.12. The number of nitrogens with two attached hydrogens (primary N) is 1. The van der Waals surface area contributed by atoms with Gasteiger partial charge in [0.15, 0.2) is 5.96 Å². The van der Waals surface area contributed by atoms with Crippen molar-refractivity contribution in [1.29, 1.82) is 0 Å². The van der Waals surface area contributed by atoms with Gasteiger partial charge in [-0.15, -0.1) is 0 Å². The second-order valence-corrected chi connectivity index (χ2v) is 4.75. The summed E-state index contributed by atoms with van der Waals surface area (Å²) in [7, 11) is 0. The molecule has 1 aromatic carbocycles. The van der Waals surface area contributed by atoms with Crippen molar-refractivity contribution in [2.24, 2.45) is 10.7 Å². The number of hydrogen-bond donors (Lipinski definition) is 2. The van der Waals surface area contributed by atoms with Crippen molar-refractivity contribution in [2.75, 3.05) is 5.32 Å². The van der Waals surface area contributed by atoms with Gasteiger partial charge in [-0.2, -0.15) is 0 Å². The molecule has 0 spiro atoms. The normalized spacial score (nSPS) is 16.5. The molecule has 1 aliphatic rings. The largest absolute Gasteiger partial charge is 0.370 e. The molecular weight excluding hydrogens is 254 g/mol. The van der Waals surface area contributed by atoms with Crippen LogP contribution in [0.15, 0.2) is 27.7 Å². The third-order valence-corrected chi connectivity index (χ3v) is 2.82. The predicted molar refractivity (Wildman–Crippen MR) is 67.1 cm³/mol. The van der Waals surface area contributed by atoms with Gasteiger partial charge in [-0.3, -0.25) is 0 Å². The average molecular weight is 268 g/mol. The van der Waals surface area contributed by atoms with Crippen molar-refractivity contribution in [3.05, 3.63) is 28.2 Å². The van der Waals surface area contributed by atoms with Crippen LogP contribution in [-0.2, 0) is 0 Å². The fourth-order valence-corrected chi connectivity index (χ4v) is 1.66. The molecule has 0 saturated heterocycles. The molecule has 0 unspecified atom stereocenters. The molecule has 0 aromatic heterocycles. The molecule has 0 radical (unpaired) electrons. The Bertz CT molecular complexity index is 397. The molecule has 1 saturated carbocycles. The van der Waals surface area contributed by atoms with E-state index in [4.69, 9.17) is 5.73 Å². The van der Waals surface area contributed by atoms with E-state index < -0.39 is 0 Å². The van der Waals surface area contributed by atoms with E-state index in [0.717, 1.165) is 15.7 Å². The Morgan fingerprint density at radius 3 is 2.93 bits per heavy atom. The molecular formula is C11H14BrN3. The van der Waals surface area contributed by atoms with E-state index in [1.165, 1.54) is 12.8 Å². The Labute approximate surface area is 97.9 Å². The van der Waals surface area contributed by atoms with Gasteiger partial charge in [0.2, 0.25) is 0 Å². The summed E-state index contributed by atoms with van der Waals surface area (Å²) >= 11 is 3.43. The van der Waals surface area contributed by atoms with Crippen LogP contribution >= 0.6 is 15.9 Å². The van der Waals surface area contributed by atoms with Crippen LogP contribution in [0.2, 0.25) is 0 Å². The lowest BCUT2D eigenvalue weighted by molar-refractivity contribution is 1.06. The maximum atomic E-state index is 5.79. The van der Waals surface area contributed by atoms with E-state index in [-0.39, 0.29) is 0 Å². The lowest BCUT2D eigenvalue weighted by Crippen LogP contribution is -2.23. The minimum Gasteiger partial charge on any atom is -0.370 e. The van der Waals surface area contributed by atoms with Gasteiger partial charge < -0.3 is 11.1 Å². The van der Waals surface area contributed by atoms with Gasteiger partial charge in [-0.1, -0.05) is 22.0 Å². The van der Waals surface area contributed by atoms with Crippen LogP contribution in [0.1, 0.15) is 18.4 Å². The van der Waals surface area contributed by atoms with E-state index in [0.29, 0.717) is 12.0 Å². The molecule has 0 bridgehead atoms. The third-order valence-electron chi connectivity index (χ3n) is 2.33. The number of anilines is 1. The molecule has 1 fully saturated rings. The zero-order valence-corrected chi connectivity index (χ0v) is 10.2. The first kappa shape index (κ1) is 10.5. The lowest BCUT2D eigenvalue weighted by Gasteiger charge is -2.08. The molecule has 3 N–H and O–H groups in total. The van der Waals surface area contributed by atoms with Crippen molar-refractivity contribution in [3.8, 4) is 0 Å². The highest BCUT2D eigenvalue weighted by molar-refractivity contribution is 9.10. The maximum Gasteiger partial charge on any atom is 0.193 e. The molecule has 4 heteroatoms. The summed E-state index contributed by atoms with van der Waals surface area (Å²) < 4.78 is 1.04. The quantitative estimate of drug-likeness (QED) is 0.640. The number of aliphatic imine (C=N–C) groups is 1. The van der Waals surface area contributed by atoms with Crippen LogP contribution in [0.5, 0.6) is 0 Å². The molecule has 0 atom stereocenters. The van der Waals surface area contributed by atoms with E-state index in [2.05, 4.69) is 26.2 Å². The van der Waals surface area contributed by atoms with Crippen molar-refractivity contribution in [3.63, 3.8) is 0 Å². The number of nitrogens with one attached hydrogen (secondary N) is 1. The fourth-order valence-electron chi connectivity index (χ4n) is 1.30. The fraction of sp³-hybridized carbons (Fsp3) is 0.364. The SMILES string of the molecule is Cc1ccc(Br)cc1NC(N)=NC1CC1. The zero-order valence-electron chi connectivity index (χ0n) is 8.63. The molecule has 1 aliphatic carbocycles. The van der Waals surface area contributed by atoms with Gasteiger partial charge in [0.25, 0.3) is 0 Å². The van der Waals surface area contributed by atoms with Gasteiger partial charge in [-0.25, -0.2) is 4.99 Å². The number of halogens is 1. The van der Waals surface area contributed by atoms with Crippen LogP contribution in [0.3, 0.4) is 0 Å². The van der Waals surface area contributed by atoms with E-state index >= 15 is 0 Å². The van der Waals surface area contributed by atoms with Crippen LogP contribution in [0, 0.1) is 6.92 Å². The molecule has 0 amide bonds. The second-order valence-electron chi connectivity index (χ2n) is 3.83. The number of hydrogen-bond acceptors (Lipinski definition) is 1. The number of benzene rings is 1. The van der Waals surface area contributed by atoms with Crippen molar-refractivity contribution >= 4 is 27.6 Å². The van der Waals surface area contributed by atoms with E-state index in [9.17, 15) is 0 Å². The standard InChI is InChI=1S/C11H14BrN3/c1-7-2-3-8(12)6-10(7)15-11(13)14-9-4-5-9/h2-3,6,9H,4-5H2,1H3,(H3,13,14,15). The summed E-state index contributed by atoms with van der Waals surface area (Å²) in [6, 6.07) is 6.50. The molecule has 1 aromatic rings. The highest BCUT2D eigenvalue weighted by Gasteiger charge is 2.20. The first-order valence-corrected chi connectivity index (χ1v) is 5.81. The number of aryl methyl sites for hydroxylation is 1. The summed E-state index contributed by atoms with van der Waals surface area (Å²) in [5.74, 6) is 0.513. The smallest absolute Gasteiger partial charge is 0.193 e. The first-order valence-electron chi connectivity index (χ1n) is 5.01. The summed E-state index contributed by atoms with van der Waals surface area (Å²) in [4.78, 5) is 4.32. The highest BCUT2D eigenvalue weighted by atomic mass is 79.9. The Hall–Kier alpha value is -1.03. The van der Waals surface area contributed by atoms with E-state index in [1.807, 2.05) is 25.1 Å². The van der Waals surface area contributed by atoms with Gasteiger partial charge in [0, 0.05) is 10.2 Å². The van der Waals surface area contributed by atoms with Gasteiger partial charge in [0.05, 0.1) is 6.04 Å². The zero-order chi connectivity index (χ0) is 10.8. The van der Waals surface area contributed by atoms with Crippen molar-refractivity contribution < 1.29 is 0 Å². The molecule has 80 valence electrons. The molecule has 0 heterocycles. The van der Waals surface area contributed by atoms with Gasteiger partial charge in [0.1, 0.15) is 0 Å². The molecule has 0 aliphatic heterocycles. The first-order chi connectivity index (χ1) is 7.15. The Morgan fingerprint density at radius 2 is 2.27 bits per heavy atom.